The number of amides is 1. The number of para-hydroxylation sites is 1. The van der Waals surface area contributed by atoms with E-state index in [-0.39, 0.29) is 5.69 Å². The second-order valence-corrected chi connectivity index (χ2v) is 5.67. The van der Waals surface area contributed by atoms with E-state index in [2.05, 4.69) is 10.5 Å². The van der Waals surface area contributed by atoms with Gasteiger partial charge in [0, 0.05) is 11.6 Å². The maximum atomic E-state index is 12.3. The van der Waals surface area contributed by atoms with Gasteiger partial charge >= 0.3 is 0 Å². The van der Waals surface area contributed by atoms with Crippen molar-refractivity contribution in [2.45, 2.75) is 0 Å². The first-order chi connectivity index (χ1) is 11.6. The fourth-order valence-electron chi connectivity index (χ4n) is 2.07. The summed E-state index contributed by atoms with van der Waals surface area (Å²) in [5, 5.41) is 7.10. The number of carbonyl (C=O) groups is 1. The van der Waals surface area contributed by atoms with Gasteiger partial charge in [0.2, 0.25) is 0 Å². The average Bonchev–Trinajstić information content (AvgIpc) is 3.08. The molecule has 0 aliphatic heterocycles. The third-order valence-electron chi connectivity index (χ3n) is 3.32. The predicted octanol–water partition coefficient (Wildman–Crippen LogP) is 4.91. The van der Waals surface area contributed by atoms with Crippen molar-refractivity contribution >= 4 is 34.8 Å². The van der Waals surface area contributed by atoms with E-state index in [0.29, 0.717) is 21.5 Å². The van der Waals surface area contributed by atoms with Crippen molar-refractivity contribution in [1.29, 1.82) is 0 Å². The Morgan fingerprint density at radius 3 is 2.42 bits per heavy atom. The Bertz CT molecular complexity index is 856. The van der Waals surface area contributed by atoms with Crippen molar-refractivity contribution in [3.8, 4) is 17.1 Å². The van der Waals surface area contributed by atoms with Gasteiger partial charge < -0.3 is 14.6 Å². The zero-order valence-electron chi connectivity index (χ0n) is 12.5. The van der Waals surface area contributed by atoms with Crippen LogP contribution in [0.5, 0.6) is 5.75 Å². The SMILES string of the molecule is COc1ccc(-c2cc(C(=O)Nc3c(Cl)cccc3Cl)no2)cc1. The van der Waals surface area contributed by atoms with Gasteiger partial charge in [0.25, 0.3) is 5.91 Å². The Labute approximate surface area is 148 Å². The highest BCUT2D eigenvalue weighted by Gasteiger charge is 2.16. The molecule has 0 fully saturated rings. The molecule has 0 radical (unpaired) electrons. The highest BCUT2D eigenvalue weighted by molar-refractivity contribution is 6.40. The molecule has 3 rings (SSSR count). The number of carbonyl (C=O) groups excluding carboxylic acids is 1. The van der Waals surface area contributed by atoms with E-state index < -0.39 is 5.91 Å². The molecule has 0 spiro atoms. The van der Waals surface area contributed by atoms with E-state index in [1.807, 2.05) is 12.1 Å². The van der Waals surface area contributed by atoms with Gasteiger partial charge in [0.15, 0.2) is 11.5 Å². The van der Waals surface area contributed by atoms with Crippen LogP contribution in [-0.2, 0) is 0 Å². The summed E-state index contributed by atoms with van der Waals surface area (Å²) in [5.74, 6) is 0.728. The monoisotopic (exact) mass is 362 g/mol. The molecule has 122 valence electrons. The normalized spacial score (nSPS) is 10.5. The fraction of sp³-hybridized carbons (Fsp3) is 0.0588. The van der Waals surface area contributed by atoms with Gasteiger partial charge in [0.1, 0.15) is 5.75 Å². The highest BCUT2D eigenvalue weighted by Crippen LogP contribution is 2.30. The number of nitrogens with zero attached hydrogens (tertiary/aromatic N) is 1. The molecule has 1 aromatic heterocycles. The summed E-state index contributed by atoms with van der Waals surface area (Å²) in [7, 11) is 1.59. The number of ether oxygens (including phenoxy) is 1. The van der Waals surface area contributed by atoms with Crippen LogP contribution in [0.25, 0.3) is 11.3 Å². The van der Waals surface area contributed by atoms with Crippen LogP contribution >= 0.6 is 23.2 Å². The van der Waals surface area contributed by atoms with Gasteiger partial charge in [-0.05, 0) is 36.4 Å². The molecule has 2 aromatic carbocycles. The summed E-state index contributed by atoms with van der Waals surface area (Å²) < 4.78 is 10.3. The van der Waals surface area contributed by atoms with E-state index in [1.165, 1.54) is 0 Å². The van der Waals surface area contributed by atoms with Crippen LogP contribution in [-0.4, -0.2) is 18.2 Å². The molecule has 0 unspecified atom stereocenters. The smallest absolute Gasteiger partial charge is 0.277 e. The number of hydrogen-bond acceptors (Lipinski definition) is 4. The Morgan fingerprint density at radius 1 is 1.12 bits per heavy atom. The minimum atomic E-state index is -0.464. The van der Waals surface area contributed by atoms with Crippen LogP contribution in [0.15, 0.2) is 53.1 Å². The molecule has 0 atom stereocenters. The topological polar surface area (TPSA) is 64.4 Å². The highest BCUT2D eigenvalue weighted by atomic mass is 35.5. The lowest BCUT2D eigenvalue weighted by Crippen LogP contribution is -2.12. The van der Waals surface area contributed by atoms with Gasteiger partial charge in [0.05, 0.1) is 22.8 Å². The number of rotatable bonds is 4. The predicted molar refractivity (Wildman–Crippen MR) is 92.9 cm³/mol. The van der Waals surface area contributed by atoms with E-state index in [1.54, 1.807) is 43.5 Å². The van der Waals surface area contributed by atoms with Gasteiger partial charge in [-0.2, -0.15) is 0 Å². The van der Waals surface area contributed by atoms with Crippen LogP contribution in [0, 0.1) is 0 Å². The van der Waals surface area contributed by atoms with Crippen molar-refractivity contribution < 1.29 is 14.1 Å². The van der Waals surface area contributed by atoms with Crippen molar-refractivity contribution in [1.82, 2.24) is 5.16 Å². The van der Waals surface area contributed by atoms with Gasteiger partial charge in [-0.3, -0.25) is 4.79 Å². The standard InChI is InChI=1S/C17H12Cl2N2O3/c1-23-11-7-5-10(6-8-11)15-9-14(21-24-15)17(22)20-16-12(18)3-2-4-13(16)19/h2-9H,1H3,(H,20,22). The first-order valence-electron chi connectivity index (χ1n) is 6.95. The molecule has 7 heteroatoms. The second kappa shape index (κ2) is 6.95. The van der Waals surface area contributed by atoms with Gasteiger partial charge in [-0.25, -0.2) is 0 Å². The summed E-state index contributed by atoms with van der Waals surface area (Å²) in [5.41, 5.74) is 1.23. The van der Waals surface area contributed by atoms with Crippen molar-refractivity contribution in [3.63, 3.8) is 0 Å². The molecule has 3 aromatic rings. The Kier molecular flexibility index (Phi) is 4.74. The summed E-state index contributed by atoms with van der Waals surface area (Å²) >= 11 is 12.1. The van der Waals surface area contributed by atoms with Crippen molar-refractivity contribution in [2.24, 2.45) is 0 Å². The maximum Gasteiger partial charge on any atom is 0.277 e. The summed E-state index contributed by atoms with van der Waals surface area (Å²) in [4.78, 5) is 12.3. The number of anilines is 1. The molecule has 0 aliphatic rings. The molecule has 0 bridgehead atoms. The summed E-state index contributed by atoms with van der Waals surface area (Å²) in [6.07, 6.45) is 0. The maximum absolute atomic E-state index is 12.3. The molecule has 1 amide bonds. The minimum absolute atomic E-state index is 0.122. The molecular weight excluding hydrogens is 351 g/mol. The molecule has 0 saturated carbocycles. The lowest BCUT2D eigenvalue weighted by molar-refractivity contribution is 0.101. The van der Waals surface area contributed by atoms with E-state index in [0.717, 1.165) is 11.3 Å². The van der Waals surface area contributed by atoms with Crippen LogP contribution in [0.3, 0.4) is 0 Å². The molecule has 5 nitrogen and oxygen atoms in total. The Hall–Kier alpha value is -2.50. The number of halogens is 2. The molecule has 1 N–H and O–H groups in total. The third-order valence-corrected chi connectivity index (χ3v) is 3.95. The average molecular weight is 363 g/mol. The Morgan fingerprint density at radius 2 is 1.79 bits per heavy atom. The van der Waals surface area contributed by atoms with Crippen LogP contribution in [0.2, 0.25) is 10.0 Å². The van der Waals surface area contributed by atoms with Gasteiger partial charge in [-0.1, -0.05) is 34.4 Å². The Balaban J connectivity index is 1.80. The lowest BCUT2D eigenvalue weighted by Gasteiger charge is -2.06. The van der Waals surface area contributed by atoms with Gasteiger partial charge in [-0.15, -0.1) is 0 Å². The number of methoxy groups -OCH3 is 1. The largest absolute Gasteiger partial charge is 0.497 e. The molecular formula is C17H12Cl2N2O3. The minimum Gasteiger partial charge on any atom is -0.497 e. The zero-order valence-corrected chi connectivity index (χ0v) is 14.1. The first-order valence-corrected chi connectivity index (χ1v) is 7.70. The van der Waals surface area contributed by atoms with E-state index in [9.17, 15) is 4.79 Å². The first kappa shape index (κ1) is 16.4. The van der Waals surface area contributed by atoms with Crippen LogP contribution in [0.1, 0.15) is 10.5 Å². The number of aromatic nitrogens is 1. The quantitative estimate of drug-likeness (QED) is 0.715. The number of hydrogen-bond donors (Lipinski definition) is 1. The second-order valence-electron chi connectivity index (χ2n) is 4.86. The van der Waals surface area contributed by atoms with Crippen molar-refractivity contribution in [2.75, 3.05) is 12.4 Å². The molecule has 1 heterocycles. The van der Waals surface area contributed by atoms with Crippen molar-refractivity contribution in [3.05, 3.63) is 64.3 Å². The summed E-state index contributed by atoms with van der Waals surface area (Å²) in [6.45, 7) is 0. The van der Waals surface area contributed by atoms with Crippen LogP contribution < -0.4 is 10.1 Å². The molecule has 0 saturated heterocycles. The lowest BCUT2D eigenvalue weighted by atomic mass is 10.1. The fourth-order valence-corrected chi connectivity index (χ4v) is 2.56. The molecule has 24 heavy (non-hydrogen) atoms. The summed E-state index contributed by atoms with van der Waals surface area (Å²) in [6, 6.07) is 13.7. The number of benzene rings is 2. The zero-order chi connectivity index (χ0) is 17.1. The van der Waals surface area contributed by atoms with Crippen LogP contribution in [0.4, 0.5) is 5.69 Å². The number of nitrogens with one attached hydrogen (secondary N) is 1. The van der Waals surface area contributed by atoms with E-state index in [4.69, 9.17) is 32.5 Å². The molecule has 0 aliphatic carbocycles. The third kappa shape index (κ3) is 3.37. The van der Waals surface area contributed by atoms with E-state index >= 15 is 0 Å².